The second kappa shape index (κ2) is 5.29. The molecule has 2 heterocycles. The zero-order valence-electron chi connectivity index (χ0n) is 9.36. The lowest BCUT2D eigenvalue weighted by atomic mass is 10.2. The number of rotatable bonds is 3. The van der Waals surface area contributed by atoms with Gasteiger partial charge in [-0.05, 0) is 41.9 Å². The van der Waals surface area contributed by atoms with Crippen molar-refractivity contribution in [2.45, 2.75) is 19.9 Å². The van der Waals surface area contributed by atoms with Crippen molar-refractivity contribution in [2.24, 2.45) is 0 Å². The Balaban J connectivity index is 2.07. The summed E-state index contributed by atoms with van der Waals surface area (Å²) in [6, 6.07) is 4.01. The minimum atomic E-state index is -0.0537. The van der Waals surface area contributed by atoms with Gasteiger partial charge in [0.25, 0.3) is 5.91 Å². The molecule has 0 aliphatic carbocycles. The molecule has 2 aromatic heterocycles. The Morgan fingerprint density at radius 1 is 1.53 bits per heavy atom. The number of halogens is 1. The number of nitrogens with zero attached hydrogens (tertiary/aromatic N) is 1. The zero-order chi connectivity index (χ0) is 12.4. The largest absolute Gasteiger partial charge is 0.344 e. The van der Waals surface area contributed by atoms with Crippen molar-refractivity contribution >= 4 is 44.5 Å². The molecule has 2 rings (SSSR count). The van der Waals surface area contributed by atoms with Crippen molar-refractivity contribution in [3.63, 3.8) is 0 Å². The van der Waals surface area contributed by atoms with Crippen LogP contribution in [0.5, 0.6) is 0 Å². The molecule has 0 bridgehead atoms. The summed E-state index contributed by atoms with van der Waals surface area (Å²) in [5, 5.41) is 2.97. The Morgan fingerprint density at radius 3 is 2.82 bits per heavy atom. The summed E-state index contributed by atoms with van der Waals surface area (Å²) in [5.74, 6) is -0.0537. The fourth-order valence-corrected chi connectivity index (χ4v) is 3.55. The highest BCUT2D eigenvalue weighted by Gasteiger charge is 2.16. The number of thiazole rings is 1. The highest BCUT2D eigenvalue weighted by Crippen LogP contribution is 2.27. The molecule has 0 radical (unpaired) electrons. The van der Waals surface area contributed by atoms with Gasteiger partial charge < -0.3 is 5.32 Å². The van der Waals surface area contributed by atoms with E-state index in [0.717, 1.165) is 14.4 Å². The highest BCUT2D eigenvalue weighted by molar-refractivity contribution is 9.11. The number of aryl methyl sites for hydroxylation is 1. The van der Waals surface area contributed by atoms with E-state index in [1.165, 1.54) is 11.3 Å². The van der Waals surface area contributed by atoms with Crippen LogP contribution in [0.1, 0.15) is 33.2 Å². The number of hydrogen-bond acceptors (Lipinski definition) is 4. The number of carbonyl (C=O) groups excluding carboxylic acids is 1. The van der Waals surface area contributed by atoms with E-state index in [1.807, 2.05) is 26.0 Å². The molecular weight excluding hydrogens is 320 g/mol. The Kier molecular flexibility index (Phi) is 3.96. The van der Waals surface area contributed by atoms with Crippen LogP contribution in [0.2, 0.25) is 0 Å². The lowest BCUT2D eigenvalue weighted by molar-refractivity contribution is 0.0944. The fourth-order valence-electron chi connectivity index (χ4n) is 1.41. The van der Waals surface area contributed by atoms with Crippen molar-refractivity contribution in [1.29, 1.82) is 0 Å². The van der Waals surface area contributed by atoms with Crippen molar-refractivity contribution in [3.05, 3.63) is 36.9 Å². The minimum Gasteiger partial charge on any atom is -0.344 e. The number of nitrogens with one attached hydrogen (secondary N) is 1. The number of carbonyl (C=O) groups is 1. The summed E-state index contributed by atoms with van der Waals surface area (Å²) < 4.78 is 1.07. The van der Waals surface area contributed by atoms with Crippen LogP contribution in [0.3, 0.4) is 0 Å². The number of amides is 1. The summed E-state index contributed by atoms with van der Waals surface area (Å²) >= 11 is 6.41. The quantitative estimate of drug-likeness (QED) is 0.930. The molecule has 0 saturated heterocycles. The zero-order valence-corrected chi connectivity index (χ0v) is 12.6. The lowest BCUT2D eigenvalue weighted by Gasteiger charge is -2.11. The Hall–Kier alpha value is -0.720. The van der Waals surface area contributed by atoms with Crippen molar-refractivity contribution in [3.8, 4) is 0 Å². The van der Waals surface area contributed by atoms with E-state index < -0.39 is 0 Å². The second-order valence-corrected chi connectivity index (χ2v) is 6.95. The Bertz CT molecular complexity index is 535. The van der Waals surface area contributed by atoms with E-state index >= 15 is 0 Å². The third-order valence-corrected chi connectivity index (χ3v) is 5.05. The molecule has 1 atom stereocenters. The van der Waals surface area contributed by atoms with Gasteiger partial charge in [-0.3, -0.25) is 4.79 Å². The maximum absolute atomic E-state index is 12.0. The molecule has 1 amide bonds. The van der Waals surface area contributed by atoms with Crippen LogP contribution in [-0.2, 0) is 0 Å². The maximum Gasteiger partial charge on any atom is 0.263 e. The van der Waals surface area contributed by atoms with Gasteiger partial charge >= 0.3 is 0 Å². The predicted octanol–water partition coefficient (Wildman–Crippen LogP) is 3.77. The van der Waals surface area contributed by atoms with Crippen LogP contribution in [0.25, 0.3) is 0 Å². The van der Waals surface area contributed by atoms with Crippen molar-refractivity contribution in [1.82, 2.24) is 10.3 Å². The van der Waals surface area contributed by atoms with Gasteiger partial charge in [0.2, 0.25) is 0 Å². The van der Waals surface area contributed by atoms with E-state index in [9.17, 15) is 4.79 Å². The first-order valence-corrected chi connectivity index (χ1v) is 7.53. The Labute approximate surface area is 116 Å². The average molecular weight is 331 g/mol. The van der Waals surface area contributed by atoms with Crippen LogP contribution < -0.4 is 5.32 Å². The summed E-state index contributed by atoms with van der Waals surface area (Å²) in [4.78, 5) is 17.9. The van der Waals surface area contributed by atoms with Crippen molar-refractivity contribution in [2.75, 3.05) is 0 Å². The van der Waals surface area contributed by atoms with Crippen molar-refractivity contribution < 1.29 is 4.79 Å². The number of hydrogen-bond donors (Lipinski definition) is 1. The number of aromatic nitrogens is 1. The monoisotopic (exact) mass is 330 g/mol. The molecule has 0 spiro atoms. The molecular formula is C11H11BrN2OS2. The molecule has 0 aliphatic rings. The van der Waals surface area contributed by atoms with E-state index in [4.69, 9.17) is 0 Å². The second-order valence-electron chi connectivity index (χ2n) is 3.60. The van der Waals surface area contributed by atoms with Crippen LogP contribution in [-0.4, -0.2) is 10.9 Å². The summed E-state index contributed by atoms with van der Waals surface area (Å²) in [6.45, 7) is 3.82. The van der Waals surface area contributed by atoms with Crippen LogP contribution >= 0.6 is 38.6 Å². The summed E-state index contributed by atoms with van der Waals surface area (Å²) in [7, 11) is 0. The van der Waals surface area contributed by atoms with Gasteiger partial charge in [0, 0.05) is 4.88 Å². The van der Waals surface area contributed by atoms with E-state index in [-0.39, 0.29) is 11.9 Å². The normalized spacial score (nSPS) is 12.4. The molecule has 2 aromatic rings. The first-order valence-electron chi connectivity index (χ1n) is 5.04. The van der Waals surface area contributed by atoms with Gasteiger partial charge in [0.15, 0.2) is 0 Å². The topological polar surface area (TPSA) is 42.0 Å². The molecule has 0 saturated carbocycles. The third-order valence-electron chi connectivity index (χ3n) is 2.32. The van der Waals surface area contributed by atoms with Crippen LogP contribution in [0.15, 0.2) is 21.4 Å². The van der Waals surface area contributed by atoms with Gasteiger partial charge in [-0.15, -0.1) is 22.7 Å². The van der Waals surface area contributed by atoms with Gasteiger partial charge in [-0.25, -0.2) is 4.98 Å². The summed E-state index contributed by atoms with van der Waals surface area (Å²) in [5.41, 5.74) is 2.48. The average Bonchev–Trinajstić information content (AvgIpc) is 2.86. The molecule has 6 heteroatoms. The molecule has 0 aliphatic heterocycles. The predicted molar refractivity (Wildman–Crippen MR) is 74.8 cm³/mol. The van der Waals surface area contributed by atoms with E-state index in [1.54, 1.807) is 16.8 Å². The van der Waals surface area contributed by atoms with Gasteiger partial charge in [0.1, 0.15) is 4.88 Å². The molecule has 3 nitrogen and oxygen atoms in total. The Morgan fingerprint density at radius 2 is 2.29 bits per heavy atom. The molecule has 0 fully saturated rings. The molecule has 0 aromatic carbocycles. The van der Waals surface area contributed by atoms with Crippen LogP contribution in [0, 0.1) is 6.92 Å². The van der Waals surface area contributed by atoms with E-state index in [2.05, 4.69) is 26.2 Å². The fraction of sp³-hybridized carbons (Fsp3) is 0.273. The van der Waals surface area contributed by atoms with Gasteiger partial charge in [-0.1, -0.05) is 0 Å². The standard InChI is InChI=1S/C11H11BrN2OS2/c1-6(8-3-4-9(12)17-8)14-11(15)10-7(2)13-5-16-10/h3-6H,1-2H3,(H,14,15)/t6-/m0/s1. The van der Waals surface area contributed by atoms with Gasteiger partial charge in [0.05, 0.1) is 21.0 Å². The summed E-state index contributed by atoms with van der Waals surface area (Å²) in [6.07, 6.45) is 0. The maximum atomic E-state index is 12.0. The smallest absolute Gasteiger partial charge is 0.263 e. The molecule has 90 valence electrons. The molecule has 1 N–H and O–H groups in total. The van der Waals surface area contributed by atoms with E-state index in [0.29, 0.717) is 4.88 Å². The first kappa shape index (κ1) is 12.7. The third kappa shape index (κ3) is 2.94. The van der Waals surface area contributed by atoms with Crippen LogP contribution in [0.4, 0.5) is 0 Å². The molecule has 0 unspecified atom stereocenters. The highest BCUT2D eigenvalue weighted by atomic mass is 79.9. The lowest BCUT2D eigenvalue weighted by Crippen LogP contribution is -2.25. The molecule has 17 heavy (non-hydrogen) atoms. The number of thiophene rings is 1. The van der Waals surface area contributed by atoms with Gasteiger partial charge in [-0.2, -0.15) is 0 Å². The SMILES string of the molecule is Cc1ncsc1C(=O)N[C@@H](C)c1ccc(Br)s1. The first-order chi connectivity index (χ1) is 8.08. The minimum absolute atomic E-state index is 0.0142.